The normalized spacial score (nSPS) is 13.0. The van der Waals surface area contributed by atoms with E-state index in [-0.39, 0.29) is 11.4 Å². The number of nitrogens with two attached hydrogens (primary N) is 1. The summed E-state index contributed by atoms with van der Waals surface area (Å²) in [6.07, 6.45) is -0.909. The van der Waals surface area contributed by atoms with Gasteiger partial charge in [0.1, 0.15) is 0 Å². The largest absolute Gasteiger partial charge is 0.398 e. The SMILES string of the molecule is Nc1cc(S(=O)(=O)NCC(O)c2ccccc2)ccc1Br. The molecule has 0 radical (unpaired) electrons. The predicted molar refractivity (Wildman–Crippen MR) is 85.1 cm³/mol. The molecule has 21 heavy (non-hydrogen) atoms. The van der Waals surface area contributed by atoms with Crippen LogP contribution < -0.4 is 10.5 Å². The van der Waals surface area contributed by atoms with Crippen LogP contribution in [0.1, 0.15) is 11.7 Å². The molecule has 0 aliphatic heterocycles. The first-order valence-corrected chi connectivity index (χ1v) is 8.45. The summed E-state index contributed by atoms with van der Waals surface area (Å²) in [5.74, 6) is 0. The number of hydrogen-bond acceptors (Lipinski definition) is 4. The van der Waals surface area contributed by atoms with Gasteiger partial charge in [-0.25, -0.2) is 13.1 Å². The Labute approximate surface area is 132 Å². The van der Waals surface area contributed by atoms with E-state index < -0.39 is 16.1 Å². The first-order valence-electron chi connectivity index (χ1n) is 6.18. The van der Waals surface area contributed by atoms with E-state index in [4.69, 9.17) is 5.73 Å². The Morgan fingerprint density at radius 1 is 1.19 bits per heavy atom. The van der Waals surface area contributed by atoms with Crippen LogP contribution in [0.5, 0.6) is 0 Å². The number of nitrogens with one attached hydrogen (secondary N) is 1. The lowest BCUT2D eigenvalue weighted by Crippen LogP contribution is -2.28. The maximum atomic E-state index is 12.1. The Morgan fingerprint density at radius 2 is 1.86 bits per heavy atom. The van der Waals surface area contributed by atoms with Crippen LogP contribution in [0, 0.1) is 0 Å². The summed E-state index contributed by atoms with van der Waals surface area (Å²) in [6, 6.07) is 13.2. The Balaban J connectivity index is 2.09. The topological polar surface area (TPSA) is 92.4 Å². The molecule has 2 rings (SSSR count). The number of anilines is 1. The van der Waals surface area contributed by atoms with Crippen molar-refractivity contribution in [1.82, 2.24) is 4.72 Å². The van der Waals surface area contributed by atoms with Crippen LogP contribution in [0.4, 0.5) is 5.69 Å². The third kappa shape index (κ3) is 4.04. The standard InChI is InChI=1S/C14H15BrN2O3S/c15-12-7-6-11(8-13(12)16)21(19,20)17-9-14(18)10-4-2-1-3-5-10/h1-8,14,17-18H,9,16H2. The molecule has 0 aromatic heterocycles. The zero-order valence-electron chi connectivity index (χ0n) is 11.0. The Kier molecular flexibility index (Phi) is 5.00. The molecule has 7 heteroatoms. The van der Waals surface area contributed by atoms with E-state index in [1.54, 1.807) is 30.3 Å². The summed E-state index contributed by atoms with van der Waals surface area (Å²) in [7, 11) is -3.71. The molecule has 1 unspecified atom stereocenters. The minimum Gasteiger partial charge on any atom is -0.398 e. The molecule has 0 bridgehead atoms. The molecular formula is C14H15BrN2O3S. The van der Waals surface area contributed by atoms with Crippen LogP contribution in [0.15, 0.2) is 57.9 Å². The van der Waals surface area contributed by atoms with Gasteiger partial charge in [-0.05, 0) is 39.7 Å². The number of sulfonamides is 1. The van der Waals surface area contributed by atoms with Gasteiger partial charge in [-0.2, -0.15) is 0 Å². The second kappa shape index (κ2) is 6.57. The number of rotatable bonds is 5. The lowest BCUT2D eigenvalue weighted by Gasteiger charge is -2.13. The summed E-state index contributed by atoms with van der Waals surface area (Å²) >= 11 is 3.21. The summed E-state index contributed by atoms with van der Waals surface area (Å²) in [6.45, 7) is -0.109. The second-order valence-corrected chi connectivity index (χ2v) is 7.08. The van der Waals surface area contributed by atoms with Crippen molar-refractivity contribution >= 4 is 31.6 Å². The molecule has 1 atom stereocenters. The average Bonchev–Trinajstić information content (AvgIpc) is 2.48. The van der Waals surface area contributed by atoms with E-state index in [9.17, 15) is 13.5 Å². The lowest BCUT2D eigenvalue weighted by molar-refractivity contribution is 0.182. The summed E-state index contributed by atoms with van der Waals surface area (Å²) < 4.78 is 27.3. The first kappa shape index (κ1) is 16.0. The van der Waals surface area contributed by atoms with Gasteiger partial charge in [0.15, 0.2) is 0 Å². The molecule has 0 amide bonds. The van der Waals surface area contributed by atoms with Crippen molar-refractivity contribution in [2.45, 2.75) is 11.0 Å². The molecule has 5 nitrogen and oxygen atoms in total. The number of aliphatic hydroxyl groups excluding tert-OH is 1. The third-order valence-corrected chi connectivity index (χ3v) is 5.07. The summed E-state index contributed by atoms with van der Waals surface area (Å²) in [4.78, 5) is 0.0588. The van der Waals surface area contributed by atoms with Gasteiger partial charge in [-0.15, -0.1) is 0 Å². The molecule has 0 aliphatic carbocycles. The summed E-state index contributed by atoms with van der Waals surface area (Å²) in [5.41, 5.74) is 6.66. The molecule has 2 aromatic carbocycles. The highest BCUT2D eigenvalue weighted by Crippen LogP contribution is 2.23. The molecule has 0 saturated carbocycles. The molecule has 112 valence electrons. The fourth-order valence-corrected chi connectivity index (χ4v) is 3.07. The maximum absolute atomic E-state index is 12.1. The number of benzene rings is 2. The minimum atomic E-state index is -3.71. The monoisotopic (exact) mass is 370 g/mol. The predicted octanol–water partition coefficient (Wildman–Crippen LogP) is 2.04. The Bertz CT molecular complexity index is 720. The third-order valence-electron chi connectivity index (χ3n) is 2.93. The van der Waals surface area contributed by atoms with Crippen LogP contribution in [0.3, 0.4) is 0 Å². The van der Waals surface area contributed by atoms with E-state index in [1.165, 1.54) is 12.1 Å². The quantitative estimate of drug-likeness (QED) is 0.702. The zero-order chi connectivity index (χ0) is 15.5. The van der Waals surface area contributed by atoms with Gasteiger partial charge in [-0.3, -0.25) is 0 Å². The van der Waals surface area contributed by atoms with Gasteiger partial charge in [0.2, 0.25) is 10.0 Å². The second-order valence-electron chi connectivity index (χ2n) is 4.46. The van der Waals surface area contributed by atoms with Crippen molar-refractivity contribution in [3.8, 4) is 0 Å². The van der Waals surface area contributed by atoms with Crippen molar-refractivity contribution in [2.75, 3.05) is 12.3 Å². The fraction of sp³-hybridized carbons (Fsp3) is 0.143. The Hall–Kier alpha value is -1.41. The average molecular weight is 371 g/mol. The molecule has 0 fully saturated rings. The van der Waals surface area contributed by atoms with Gasteiger partial charge >= 0.3 is 0 Å². The maximum Gasteiger partial charge on any atom is 0.240 e. The summed E-state index contributed by atoms with van der Waals surface area (Å²) in [5, 5.41) is 9.97. The van der Waals surface area contributed by atoms with E-state index in [2.05, 4.69) is 20.7 Å². The molecule has 0 aliphatic rings. The molecular weight excluding hydrogens is 356 g/mol. The van der Waals surface area contributed by atoms with Crippen LogP contribution >= 0.6 is 15.9 Å². The van der Waals surface area contributed by atoms with Gasteiger partial charge in [0.25, 0.3) is 0 Å². The van der Waals surface area contributed by atoms with E-state index >= 15 is 0 Å². The molecule has 0 saturated heterocycles. The highest BCUT2D eigenvalue weighted by molar-refractivity contribution is 9.10. The Morgan fingerprint density at radius 3 is 2.48 bits per heavy atom. The van der Waals surface area contributed by atoms with Gasteiger partial charge < -0.3 is 10.8 Å². The van der Waals surface area contributed by atoms with Gasteiger partial charge in [0.05, 0.1) is 11.0 Å². The van der Waals surface area contributed by atoms with Crippen LogP contribution in [0.25, 0.3) is 0 Å². The molecule has 0 heterocycles. The van der Waals surface area contributed by atoms with Crippen molar-refractivity contribution in [2.24, 2.45) is 0 Å². The van der Waals surface area contributed by atoms with Crippen molar-refractivity contribution in [1.29, 1.82) is 0 Å². The minimum absolute atomic E-state index is 0.0588. The number of aliphatic hydroxyl groups is 1. The van der Waals surface area contributed by atoms with E-state index in [0.717, 1.165) is 0 Å². The van der Waals surface area contributed by atoms with Crippen molar-refractivity contribution < 1.29 is 13.5 Å². The number of halogens is 1. The van der Waals surface area contributed by atoms with Crippen LogP contribution in [-0.2, 0) is 10.0 Å². The van der Waals surface area contributed by atoms with Crippen LogP contribution in [0.2, 0.25) is 0 Å². The van der Waals surface area contributed by atoms with Crippen LogP contribution in [-0.4, -0.2) is 20.1 Å². The van der Waals surface area contributed by atoms with Gasteiger partial charge in [-0.1, -0.05) is 30.3 Å². The molecule has 0 spiro atoms. The smallest absolute Gasteiger partial charge is 0.240 e. The van der Waals surface area contributed by atoms with Crippen molar-refractivity contribution in [3.63, 3.8) is 0 Å². The highest BCUT2D eigenvalue weighted by atomic mass is 79.9. The van der Waals surface area contributed by atoms with Gasteiger partial charge in [0, 0.05) is 16.7 Å². The number of hydrogen-bond donors (Lipinski definition) is 3. The molecule has 2 aromatic rings. The first-order chi connectivity index (χ1) is 9.90. The highest BCUT2D eigenvalue weighted by Gasteiger charge is 2.17. The fourth-order valence-electron chi connectivity index (χ4n) is 1.75. The van der Waals surface area contributed by atoms with E-state index in [1.807, 2.05) is 6.07 Å². The van der Waals surface area contributed by atoms with E-state index in [0.29, 0.717) is 15.7 Å². The number of nitrogen functional groups attached to an aromatic ring is 1. The zero-order valence-corrected chi connectivity index (χ0v) is 13.4. The molecule has 4 N–H and O–H groups in total. The van der Waals surface area contributed by atoms with Crippen molar-refractivity contribution in [3.05, 3.63) is 58.6 Å². The lowest BCUT2D eigenvalue weighted by atomic mass is 10.1.